The lowest BCUT2D eigenvalue weighted by atomic mass is 10.2. The molecule has 1 aromatic heterocycles. The average Bonchev–Trinajstić information content (AvgIpc) is 3.08. The minimum Gasteiger partial charge on any atom is -0.439 e. The zero-order valence-electron chi connectivity index (χ0n) is 13.2. The molecule has 25 heavy (non-hydrogen) atoms. The van der Waals surface area contributed by atoms with Crippen LogP contribution in [0.1, 0.15) is 16.1 Å². The molecule has 0 fully saturated rings. The average molecular weight is 420 g/mol. The van der Waals surface area contributed by atoms with Gasteiger partial charge in [0.2, 0.25) is 14.9 Å². The van der Waals surface area contributed by atoms with Crippen molar-refractivity contribution in [2.75, 3.05) is 5.32 Å². The standard InChI is InChI=1S/C18H14BrNO4S/c1-12-2-8-15(9-3-12)25(22,23)17-11-10-16(24-17)18(21)20-14-6-4-13(19)5-7-14/h2-11H,1H3,(H,20,21). The summed E-state index contributed by atoms with van der Waals surface area (Å²) in [5, 5.41) is 2.38. The van der Waals surface area contributed by atoms with Gasteiger partial charge in [-0.05, 0) is 55.5 Å². The molecule has 0 radical (unpaired) electrons. The number of hydrogen-bond donors (Lipinski definition) is 1. The van der Waals surface area contributed by atoms with Gasteiger partial charge in [0.25, 0.3) is 5.91 Å². The van der Waals surface area contributed by atoms with Crippen LogP contribution in [-0.4, -0.2) is 14.3 Å². The summed E-state index contributed by atoms with van der Waals surface area (Å²) in [5.74, 6) is -0.596. The second-order valence-corrected chi connectivity index (χ2v) is 8.19. The molecule has 0 bridgehead atoms. The van der Waals surface area contributed by atoms with Gasteiger partial charge < -0.3 is 9.73 Å². The number of benzene rings is 2. The molecule has 0 spiro atoms. The van der Waals surface area contributed by atoms with Crippen molar-refractivity contribution in [3.63, 3.8) is 0 Å². The lowest BCUT2D eigenvalue weighted by Gasteiger charge is -2.04. The Morgan fingerprint density at radius 1 is 0.960 bits per heavy atom. The molecule has 3 aromatic rings. The Morgan fingerprint density at radius 3 is 2.24 bits per heavy atom. The number of halogens is 1. The predicted octanol–water partition coefficient (Wildman–Crippen LogP) is 4.44. The van der Waals surface area contributed by atoms with Gasteiger partial charge in [-0.2, -0.15) is 0 Å². The molecule has 0 saturated heterocycles. The second kappa shape index (κ2) is 6.85. The van der Waals surface area contributed by atoms with E-state index in [1.54, 1.807) is 36.4 Å². The Labute approximate surface area is 153 Å². The predicted molar refractivity (Wildman–Crippen MR) is 97.4 cm³/mol. The molecule has 3 rings (SSSR count). The number of carbonyl (C=O) groups excluding carboxylic acids is 1. The largest absolute Gasteiger partial charge is 0.439 e. The van der Waals surface area contributed by atoms with Crippen LogP contribution in [0.2, 0.25) is 0 Å². The van der Waals surface area contributed by atoms with E-state index in [-0.39, 0.29) is 15.7 Å². The highest BCUT2D eigenvalue weighted by Crippen LogP contribution is 2.24. The van der Waals surface area contributed by atoms with Crippen LogP contribution >= 0.6 is 15.9 Å². The Morgan fingerprint density at radius 2 is 1.60 bits per heavy atom. The molecule has 2 aromatic carbocycles. The van der Waals surface area contributed by atoms with Gasteiger partial charge in [-0.3, -0.25) is 4.79 Å². The summed E-state index contributed by atoms with van der Waals surface area (Å²) < 4.78 is 31.3. The van der Waals surface area contributed by atoms with Crippen molar-refractivity contribution in [1.29, 1.82) is 0 Å². The van der Waals surface area contributed by atoms with E-state index in [0.717, 1.165) is 10.0 Å². The van der Waals surface area contributed by atoms with Gasteiger partial charge in [0.05, 0.1) is 4.90 Å². The fraction of sp³-hybridized carbons (Fsp3) is 0.0556. The molecule has 0 atom stereocenters. The summed E-state index contributed by atoms with van der Waals surface area (Å²) >= 11 is 3.31. The van der Waals surface area contributed by atoms with Crippen molar-refractivity contribution in [3.8, 4) is 0 Å². The van der Waals surface area contributed by atoms with E-state index in [2.05, 4.69) is 21.2 Å². The molecule has 0 unspecified atom stereocenters. The zero-order chi connectivity index (χ0) is 18.0. The molecule has 0 aliphatic heterocycles. The summed E-state index contributed by atoms with van der Waals surface area (Å²) in [6.07, 6.45) is 0. The van der Waals surface area contributed by atoms with Crippen LogP contribution in [0, 0.1) is 6.92 Å². The van der Waals surface area contributed by atoms with Gasteiger partial charge in [0.1, 0.15) is 0 Å². The normalized spacial score (nSPS) is 11.3. The highest BCUT2D eigenvalue weighted by atomic mass is 79.9. The van der Waals surface area contributed by atoms with Crippen molar-refractivity contribution in [3.05, 3.63) is 76.5 Å². The topological polar surface area (TPSA) is 76.4 Å². The molecule has 1 amide bonds. The van der Waals surface area contributed by atoms with Gasteiger partial charge >= 0.3 is 0 Å². The summed E-state index contributed by atoms with van der Waals surface area (Å²) in [7, 11) is -3.80. The zero-order valence-corrected chi connectivity index (χ0v) is 15.6. The smallest absolute Gasteiger partial charge is 0.291 e. The van der Waals surface area contributed by atoms with E-state index < -0.39 is 15.7 Å². The molecular formula is C18H14BrNO4S. The number of rotatable bonds is 4. The van der Waals surface area contributed by atoms with Crippen molar-refractivity contribution >= 4 is 37.4 Å². The molecule has 0 saturated carbocycles. The summed E-state index contributed by atoms with van der Waals surface area (Å²) in [5.41, 5.74) is 1.53. The van der Waals surface area contributed by atoms with E-state index in [1.165, 1.54) is 24.3 Å². The first kappa shape index (κ1) is 17.4. The van der Waals surface area contributed by atoms with E-state index in [0.29, 0.717) is 5.69 Å². The summed E-state index contributed by atoms with van der Waals surface area (Å²) in [6.45, 7) is 1.87. The molecular weight excluding hydrogens is 406 g/mol. The summed E-state index contributed by atoms with van der Waals surface area (Å²) in [6, 6.07) is 16.1. The fourth-order valence-electron chi connectivity index (χ4n) is 2.15. The van der Waals surface area contributed by atoms with E-state index in [9.17, 15) is 13.2 Å². The highest BCUT2D eigenvalue weighted by Gasteiger charge is 2.23. The Bertz CT molecular complexity index is 1010. The number of anilines is 1. The maximum Gasteiger partial charge on any atom is 0.291 e. The quantitative estimate of drug-likeness (QED) is 0.677. The third kappa shape index (κ3) is 3.83. The van der Waals surface area contributed by atoms with Crippen molar-refractivity contribution in [2.45, 2.75) is 16.9 Å². The molecule has 1 N–H and O–H groups in total. The molecule has 128 valence electrons. The first-order valence-corrected chi connectivity index (χ1v) is 9.62. The first-order valence-electron chi connectivity index (χ1n) is 7.35. The Balaban J connectivity index is 1.82. The molecule has 5 nitrogen and oxygen atoms in total. The summed E-state index contributed by atoms with van der Waals surface area (Å²) in [4.78, 5) is 12.3. The number of hydrogen-bond acceptors (Lipinski definition) is 4. The van der Waals surface area contributed by atoms with Crippen LogP contribution in [0.15, 0.2) is 79.5 Å². The minimum absolute atomic E-state index is 0.0754. The lowest BCUT2D eigenvalue weighted by molar-refractivity contribution is 0.0991. The van der Waals surface area contributed by atoms with E-state index in [1.807, 2.05) is 6.92 Å². The molecule has 0 aliphatic rings. The van der Waals surface area contributed by atoms with Gasteiger partial charge in [-0.15, -0.1) is 0 Å². The monoisotopic (exact) mass is 419 g/mol. The number of sulfone groups is 1. The number of nitrogens with one attached hydrogen (secondary N) is 1. The lowest BCUT2D eigenvalue weighted by Crippen LogP contribution is -2.10. The number of furan rings is 1. The number of aryl methyl sites for hydroxylation is 1. The van der Waals surface area contributed by atoms with Crippen LogP contribution in [0.4, 0.5) is 5.69 Å². The highest BCUT2D eigenvalue weighted by molar-refractivity contribution is 9.10. The van der Waals surface area contributed by atoms with Crippen LogP contribution in [0.25, 0.3) is 0 Å². The van der Waals surface area contributed by atoms with Crippen LogP contribution in [-0.2, 0) is 9.84 Å². The van der Waals surface area contributed by atoms with Crippen LogP contribution in [0.3, 0.4) is 0 Å². The van der Waals surface area contributed by atoms with Gasteiger partial charge in [0, 0.05) is 10.2 Å². The van der Waals surface area contributed by atoms with Crippen molar-refractivity contribution < 1.29 is 17.6 Å². The number of amides is 1. The van der Waals surface area contributed by atoms with Gasteiger partial charge in [-0.25, -0.2) is 8.42 Å². The van der Waals surface area contributed by atoms with E-state index in [4.69, 9.17) is 4.42 Å². The molecule has 0 aliphatic carbocycles. The van der Waals surface area contributed by atoms with Crippen LogP contribution < -0.4 is 5.32 Å². The second-order valence-electron chi connectivity index (χ2n) is 5.40. The SMILES string of the molecule is Cc1ccc(S(=O)(=O)c2ccc(C(=O)Nc3ccc(Br)cc3)o2)cc1. The number of carbonyl (C=O) groups is 1. The van der Waals surface area contributed by atoms with Crippen molar-refractivity contribution in [1.82, 2.24) is 0 Å². The van der Waals surface area contributed by atoms with Gasteiger partial charge in [0.15, 0.2) is 5.76 Å². The van der Waals surface area contributed by atoms with Crippen molar-refractivity contribution in [2.24, 2.45) is 0 Å². The first-order chi connectivity index (χ1) is 11.9. The third-order valence-electron chi connectivity index (χ3n) is 3.50. The molecule has 1 heterocycles. The third-order valence-corrected chi connectivity index (χ3v) is 5.67. The van der Waals surface area contributed by atoms with E-state index >= 15 is 0 Å². The Kier molecular flexibility index (Phi) is 4.78. The maximum absolute atomic E-state index is 12.5. The maximum atomic E-state index is 12.5. The fourth-order valence-corrected chi connectivity index (χ4v) is 3.58. The Hall–Kier alpha value is -2.38. The van der Waals surface area contributed by atoms with Crippen LogP contribution in [0.5, 0.6) is 0 Å². The van der Waals surface area contributed by atoms with Gasteiger partial charge in [-0.1, -0.05) is 33.6 Å². The minimum atomic E-state index is -3.80. The molecule has 7 heteroatoms.